The number of benzene rings is 1. The monoisotopic (exact) mass is 339 g/mol. The Morgan fingerprint density at radius 3 is 2.61 bits per heavy atom. The summed E-state index contributed by atoms with van der Waals surface area (Å²) in [6.45, 7) is 6.31. The van der Waals surface area contributed by atoms with Crippen LogP contribution in [0.3, 0.4) is 0 Å². The molecule has 0 bridgehead atoms. The molecule has 1 heterocycles. The van der Waals surface area contributed by atoms with Crippen molar-refractivity contribution in [1.82, 2.24) is 15.1 Å². The number of amides is 2. The molecule has 0 unspecified atom stereocenters. The summed E-state index contributed by atoms with van der Waals surface area (Å²) in [5, 5.41) is 2.97. The lowest BCUT2D eigenvalue weighted by molar-refractivity contribution is -0.122. The number of halogens is 2. The van der Waals surface area contributed by atoms with E-state index < -0.39 is 5.82 Å². The van der Waals surface area contributed by atoms with Crippen molar-refractivity contribution in [3.8, 4) is 0 Å². The van der Waals surface area contributed by atoms with Crippen molar-refractivity contribution >= 4 is 23.4 Å². The molecule has 0 aliphatic carbocycles. The zero-order valence-corrected chi connectivity index (χ0v) is 13.5. The van der Waals surface area contributed by atoms with Crippen LogP contribution in [0.5, 0.6) is 0 Å². The van der Waals surface area contributed by atoms with Gasteiger partial charge >= 0.3 is 0 Å². The lowest BCUT2D eigenvalue weighted by Crippen LogP contribution is -2.51. The van der Waals surface area contributed by atoms with Gasteiger partial charge in [0.1, 0.15) is 5.82 Å². The van der Waals surface area contributed by atoms with Crippen molar-refractivity contribution in [3.63, 3.8) is 0 Å². The third kappa shape index (κ3) is 4.77. The van der Waals surface area contributed by atoms with E-state index in [2.05, 4.69) is 11.9 Å². The van der Waals surface area contributed by atoms with Gasteiger partial charge in [0, 0.05) is 37.7 Å². The van der Waals surface area contributed by atoms with E-state index in [1.54, 1.807) is 11.0 Å². The van der Waals surface area contributed by atoms with Gasteiger partial charge in [-0.15, -0.1) is 6.58 Å². The first-order valence-electron chi connectivity index (χ1n) is 7.35. The van der Waals surface area contributed by atoms with Gasteiger partial charge in [-0.25, -0.2) is 4.39 Å². The van der Waals surface area contributed by atoms with Gasteiger partial charge in [0.15, 0.2) is 0 Å². The molecule has 23 heavy (non-hydrogen) atoms. The first kappa shape index (κ1) is 17.4. The Morgan fingerprint density at radius 1 is 1.30 bits per heavy atom. The zero-order valence-electron chi connectivity index (χ0n) is 12.7. The molecule has 0 aromatic heterocycles. The summed E-state index contributed by atoms with van der Waals surface area (Å²) in [7, 11) is 0. The average molecular weight is 340 g/mol. The van der Waals surface area contributed by atoms with E-state index in [-0.39, 0.29) is 28.9 Å². The number of rotatable bonds is 5. The molecular weight excluding hydrogens is 321 g/mol. The summed E-state index contributed by atoms with van der Waals surface area (Å²) in [4.78, 5) is 27.5. The Morgan fingerprint density at radius 2 is 2.00 bits per heavy atom. The van der Waals surface area contributed by atoms with E-state index in [1.807, 2.05) is 4.90 Å². The molecule has 0 radical (unpaired) electrons. The SMILES string of the molecule is C=CCNC(=O)CN1CCN(C(=O)c2ccc(Cl)cc2F)CC1. The van der Waals surface area contributed by atoms with E-state index in [4.69, 9.17) is 11.6 Å². The van der Waals surface area contributed by atoms with Crippen molar-refractivity contribution < 1.29 is 14.0 Å². The van der Waals surface area contributed by atoms with Crippen LogP contribution in [0.25, 0.3) is 0 Å². The second-order valence-electron chi connectivity index (χ2n) is 5.29. The second kappa shape index (κ2) is 8.08. The van der Waals surface area contributed by atoms with E-state index in [0.717, 1.165) is 6.07 Å². The zero-order chi connectivity index (χ0) is 16.8. The van der Waals surface area contributed by atoms with Gasteiger partial charge in [-0.1, -0.05) is 17.7 Å². The van der Waals surface area contributed by atoms with Crippen molar-refractivity contribution in [2.24, 2.45) is 0 Å². The predicted molar refractivity (Wildman–Crippen MR) is 87.0 cm³/mol. The highest BCUT2D eigenvalue weighted by Crippen LogP contribution is 2.17. The number of hydrogen-bond acceptors (Lipinski definition) is 3. The lowest BCUT2D eigenvalue weighted by Gasteiger charge is -2.34. The molecule has 1 fully saturated rings. The Kier molecular flexibility index (Phi) is 6.12. The van der Waals surface area contributed by atoms with Gasteiger partial charge in [0.05, 0.1) is 12.1 Å². The fraction of sp³-hybridized carbons (Fsp3) is 0.375. The van der Waals surface area contributed by atoms with Gasteiger partial charge < -0.3 is 10.2 Å². The molecule has 1 aromatic rings. The highest BCUT2D eigenvalue weighted by atomic mass is 35.5. The number of hydrogen-bond donors (Lipinski definition) is 1. The maximum atomic E-state index is 13.8. The van der Waals surface area contributed by atoms with E-state index >= 15 is 0 Å². The maximum absolute atomic E-state index is 13.8. The van der Waals surface area contributed by atoms with Crippen LogP contribution >= 0.6 is 11.6 Å². The molecule has 1 saturated heterocycles. The number of carbonyl (C=O) groups excluding carboxylic acids is 2. The molecule has 0 spiro atoms. The summed E-state index contributed by atoms with van der Waals surface area (Å²) >= 11 is 5.70. The average Bonchev–Trinajstić information content (AvgIpc) is 2.53. The summed E-state index contributed by atoms with van der Waals surface area (Å²) in [6, 6.07) is 4.03. The first-order chi connectivity index (χ1) is 11.0. The molecule has 2 rings (SSSR count). The van der Waals surface area contributed by atoms with Gasteiger partial charge in [0.2, 0.25) is 5.91 Å². The maximum Gasteiger partial charge on any atom is 0.256 e. The quantitative estimate of drug-likeness (QED) is 0.828. The standard InChI is InChI=1S/C16H19ClFN3O2/c1-2-5-19-15(22)11-20-6-8-21(9-7-20)16(23)13-4-3-12(17)10-14(13)18/h2-4,10H,1,5-9,11H2,(H,19,22). The van der Waals surface area contributed by atoms with Crippen LogP contribution in [0, 0.1) is 5.82 Å². The normalized spacial score (nSPS) is 15.3. The molecule has 1 aliphatic rings. The van der Waals surface area contributed by atoms with Crippen LogP contribution in [0.15, 0.2) is 30.9 Å². The highest BCUT2D eigenvalue weighted by molar-refractivity contribution is 6.30. The first-order valence-corrected chi connectivity index (χ1v) is 7.73. The fourth-order valence-electron chi connectivity index (χ4n) is 2.39. The van der Waals surface area contributed by atoms with Crippen LogP contribution in [-0.4, -0.2) is 60.9 Å². The predicted octanol–water partition coefficient (Wildman–Crippen LogP) is 1.54. The molecular formula is C16H19ClFN3O2. The van der Waals surface area contributed by atoms with Gasteiger partial charge in [0.25, 0.3) is 5.91 Å². The number of nitrogens with one attached hydrogen (secondary N) is 1. The van der Waals surface area contributed by atoms with Crippen LogP contribution in [0.2, 0.25) is 5.02 Å². The van der Waals surface area contributed by atoms with Crippen LogP contribution in [0.1, 0.15) is 10.4 Å². The number of piperazine rings is 1. The molecule has 2 amide bonds. The van der Waals surface area contributed by atoms with E-state index in [0.29, 0.717) is 32.7 Å². The lowest BCUT2D eigenvalue weighted by atomic mass is 10.1. The Balaban J connectivity index is 1.87. The molecule has 124 valence electrons. The van der Waals surface area contributed by atoms with Crippen LogP contribution < -0.4 is 5.32 Å². The molecule has 1 aliphatic heterocycles. The molecule has 0 saturated carbocycles. The molecule has 5 nitrogen and oxygen atoms in total. The molecule has 1 N–H and O–H groups in total. The van der Waals surface area contributed by atoms with Gasteiger partial charge in [-0.3, -0.25) is 14.5 Å². The molecule has 1 aromatic carbocycles. The largest absolute Gasteiger partial charge is 0.352 e. The smallest absolute Gasteiger partial charge is 0.256 e. The van der Waals surface area contributed by atoms with Gasteiger partial charge in [-0.2, -0.15) is 0 Å². The van der Waals surface area contributed by atoms with Crippen molar-refractivity contribution in [2.75, 3.05) is 39.3 Å². The minimum Gasteiger partial charge on any atom is -0.352 e. The van der Waals surface area contributed by atoms with E-state index in [1.165, 1.54) is 12.1 Å². The van der Waals surface area contributed by atoms with Crippen molar-refractivity contribution in [2.45, 2.75) is 0 Å². The Bertz CT molecular complexity index is 601. The summed E-state index contributed by atoms with van der Waals surface area (Å²) in [5.74, 6) is -1.04. The fourth-order valence-corrected chi connectivity index (χ4v) is 2.55. The molecule has 0 atom stereocenters. The minimum atomic E-state index is -0.617. The summed E-state index contributed by atoms with van der Waals surface area (Å²) in [6.07, 6.45) is 1.62. The van der Waals surface area contributed by atoms with Crippen LogP contribution in [-0.2, 0) is 4.79 Å². The van der Waals surface area contributed by atoms with Crippen molar-refractivity contribution in [3.05, 3.63) is 47.3 Å². The molecule has 7 heteroatoms. The number of nitrogens with zero attached hydrogens (tertiary/aromatic N) is 2. The third-order valence-corrected chi connectivity index (χ3v) is 3.87. The van der Waals surface area contributed by atoms with Gasteiger partial charge in [-0.05, 0) is 18.2 Å². The summed E-state index contributed by atoms with van der Waals surface area (Å²) < 4.78 is 13.8. The van der Waals surface area contributed by atoms with E-state index in [9.17, 15) is 14.0 Å². The minimum absolute atomic E-state index is 0.0200. The highest BCUT2D eigenvalue weighted by Gasteiger charge is 2.24. The Labute approximate surface area is 139 Å². The number of carbonyl (C=O) groups is 2. The van der Waals surface area contributed by atoms with Crippen LogP contribution in [0.4, 0.5) is 4.39 Å². The summed E-state index contributed by atoms with van der Waals surface area (Å²) in [5.41, 5.74) is 0.0200. The van der Waals surface area contributed by atoms with Crippen molar-refractivity contribution in [1.29, 1.82) is 0 Å². The topological polar surface area (TPSA) is 52.7 Å². The second-order valence-corrected chi connectivity index (χ2v) is 5.72. The third-order valence-electron chi connectivity index (χ3n) is 3.63. The Hall–Kier alpha value is -1.92.